The Morgan fingerprint density at radius 1 is 1.34 bits per heavy atom. The van der Waals surface area contributed by atoms with E-state index in [2.05, 4.69) is 15.5 Å². The lowest BCUT2D eigenvalue weighted by Crippen LogP contribution is -2.50. The summed E-state index contributed by atoms with van der Waals surface area (Å²) in [6.45, 7) is -1.12. The highest BCUT2D eigenvalue weighted by Crippen LogP contribution is 2.35. The van der Waals surface area contributed by atoms with Crippen molar-refractivity contribution in [3.05, 3.63) is 33.9 Å². The van der Waals surface area contributed by atoms with Crippen LogP contribution in [0.1, 0.15) is 24.4 Å². The lowest BCUT2D eigenvalue weighted by atomic mass is 9.97. The van der Waals surface area contributed by atoms with Gasteiger partial charge in [0.25, 0.3) is 5.69 Å². The van der Waals surface area contributed by atoms with E-state index in [1.807, 2.05) is 5.48 Å². The number of fused-ring (bicyclic) bond motifs is 1. The van der Waals surface area contributed by atoms with Gasteiger partial charge in [0.1, 0.15) is 6.04 Å². The molecule has 1 heterocycles. The normalized spacial score (nSPS) is 16.1. The van der Waals surface area contributed by atoms with Gasteiger partial charge in [-0.3, -0.25) is 24.6 Å². The molecule has 2 rings (SSSR count). The maximum absolute atomic E-state index is 12.6. The Morgan fingerprint density at radius 2 is 2.03 bits per heavy atom. The summed E-state index contributed by atoms with van der Waals surface area (Å²) in [5, 5.41) is 25.0. The van der Waals surface area contributed by atoms with E-state index in [0.29, 0.717) is 0 Å². The number of hydrogen-bond acceptors (Lipinski definition) is 9. The zero-order chi connectivity index (χ0) is 26.3. The molecule has 0 saturated heterocycles. The van der Waals surface area contributed by atoms with E-state index in [0.717, 1.165) is 17.0 Å². The second kappa shape index (κ2) is 11.4. The zero-order valence-corrected chi connectivity index (χ0v) is 17.8. The second-order valence-electron chi connectivity index (χ2n) is 7.20. The number of aliphatic hydroxyl groups excluding tert-OH is 1. The number of urea groups is 1. The van der Waals surface area contributed by atoms with Crippen molar-refractivity contribution in [3.8, 4) is 0 Å². The van der Waals surface area contributed by atoms with E-state index < -0.39 is 60.0 Å². The minimum absolute atomic E-state index is 0.0108. The second-order valence-corrected chi connectivity index (χ2v) is 7.20. The number of nitrogens with zero attached hydrogens (tertiary/aromatic N) is 2. The van der Waals surface area contributed by atoms with Gasteiger partial charge in [-0.2, -0.15) is 18.7 Å². The molecule has 2 unspecified atom stereocenters. The third-order valence-electron chi connectivity index (χ3n) is 4.74. The summed E-state index contributed by atoms with van der Waals surface area (Å²) in [4.78, 5) is 62.3. The van der Waals surface area contributed by atoms with E-state index >= 15 is 0 Å². The molecule has 0 fully saturated rings. The summed E-state index contributed by atoms with van der Waals surface area (Å²) < 4.78 is 36.4. The van der Waals surface area contributed by atoms with E-state index in [1.54, 1.807) is 0 Å². The highest BCUT2D eigenvalue weighted by Gasteiger charge is 2.41. The smallest absolute Gasteiger partial charge is 0.394 e. The number of hydrogen-bond donors (Lipinski definition) is 5. The van der Waals surface area contributed by atoms with Crippen LogP contribution in [0.5, 0.6) is 0 Å². The van der Waals surface area contributed by atoms with Crippen LogP contribution in [0.4, 0.5) is 29.3 Å². The molecule has 0 aliphatic carbocycles. The van der Waals surface area contributed by atoms with Gasteiger partial charge in [-0.15, -0.1) is 0 Å². The SMILES string of the molecule is NC(=O)C(CO)NC(=O)CC1NC(=O)N(CCCNOC(=O)C(F)(F)F)c2ccc([N+](=O)[O-])cc21. The predicted octanol–water partition coefficient (Wildman–Crippen LogP) is -0.482. The van der Waals surface area contributed by atoms with Crippen LogP contribution >= 0.6 is 0 Å². The number of anilines is 1. The summed E-state index contributed by atoms with van der Waals surface area (Å²) >= 11 is 0. The van der Waals surface area contributed by atoms with Gasteiger partial charge in [-0.05, 0) is 12.5 Å². The number of benzene rings is 1. The molecule has 0 spiro atoms. The Kier molecular flexibility index (Phi) is 8.90. The molecule has 4 amide bonds. The summed E-state index contributed by atoms with van der Waals surface area (Å²) in [5.74, 6) is -4.22. The number of halogens is 3. The number of carbonyl (C=O) groups excluding carboxylic acids is 4. The molecular weight excluding hydrogens is 485 g/mol. The number of non-ortho nitro benzene ring substituents is 1. The number of nitro benzene ring substituents is 1. The third kappa shape index (κ3) is 7.24. The van der Waals surface area contributed by atoms with Crippen LogP contribution in [0.25, 0.3) is 0 Å². The Morgan fingerprint density at radius 3 is 2.60 bits per heavy atom. The van der Waals surface area contributed by atoms with Crippen LogP contribution in [0.3, 0.4) is 0 Å². The number of amides is 4. The number of nitrogens with two attached hydrogens (primary N) is 1. The standard InChI is InChI=1S/C18H21F3N6O8/c19-18(20,21)16(31)35-23-4-1-5-26-13-3-2-9(27(33)34)6-10(13)11(25-17(26)32)7-14(29)24-12(8-28)15(22)30/h2-3,6,11-12,23,28H,1,4-5,7-8H2,(H2,22,30)(H,24,29)(H,25,32). The van der Waals surface area contributed by atoms with Crippen molar-refractivity contribution in [3.63, 3.8) is 0 Å². The highest BCUT2D eigenvalue weighted by atomic mass is 19.4. The Bertz CT molecular complexity index is 1000. The first-order valence-corrected chi connectivity index (χ1v) is 9.92. The molecule has 1 aliphatic rings. The van der Waals surface area contributed by atoms with E-state index in [1.165, 1.54) is 6.07 Å². The number of rotatable bonds is 11. The monoisotopic (exact) mass is 506 g/mol. The minimum Gasteiger partial charge on any atom is -0.394 e. The zero-order valence-electron chi connectivity index (χ0n) is 17.8. The first-order valence-electron chi connectivity index (χ1n) is 9.92. The minimum atomic E-state index is -5.18. The fourth-order valence-corrected chi connectivity index (χ4v) is 3.11. The van der Waals surface area contributed by atoms with Crippen molar-refractivity contribution in [2.75, 3.05) is 24.6 Å². The van der Waals surface area contributed by atoms with E-state index in [4.69, 9.17) is 10.8 Å². The molecule has 6 N–H and O–H groups in total. The molecule has 0 bridgehead atoms. The first-order chi connectivity index (χ1) is 16.3. The molecule has 1 aromatic rings. The lowest BCUT2D eigenvalue weighted by Gasteiger charge is -2.35. The molecule has 192 valence electrons. The van der Waals surface area contributed by atoms with Crippen molar-refractivity contribution in [1.29, 1.82) is 0 Å². The highest BCUT2D eigenvalue weighted by molar-refractivity contribution is 5.96. The average Bonchev–Trinajstić information content (AvgIpc) is 2.77. The number of alkyl halides is 3. The van der Waals surface area contributed by atoms with Crippen molar-refractivity contribution in [2.24, 2.45) is 5.73 Å². The van der Waals surface area contributed by atoms with Crippen molar-refractivity contribution in [1.82, 2.24) is 16.1 Å². The summed E-state index contributed by atoms with van der Waals surface area (Å²) in [6, 6.07) is 0.396. The van der Waals surface area contributed by atoms with Crippen LogP contribution in [-0.4, -0.2) is 65.8 Å². The number of aliphatic hydroxyl groups is 1. The third-order valence-corrected chi connectivity index (χ3v) is 4.74. The van der Waals surface area contributed by atoms with Gasteiger partial charge in [0.2, 0.25) is 11.8 Å². The van der Waals surface area contributed by atoms with Crippen LogP contribution < -0.4 is 26.7 Å². The number of hydroxylamine groups is 1. The predicted molar refractivity (Wildman–Crippen MR) is 109 cm³/mol. The number of carbonyl (C=O) groups is 4. The summed E-state index contributed by atoms with van der Waals surface area (Å²) in [6.07, 6.45) is -5.62. The Labute approximate surface area is 194 Å². The maximum atomic E-state index is 12.6. The molecule has 0 saturated carbocycles. The van der Waals surface area contributed by atoms with Gasteiger partial charge >= 0.3 is 18.2 Å². The molecule has 0 radical (unpaired) electrons. The van der Waals surface area contributed by atoms with E-state index in [9.17, 15) is 42.5 Å². The quantitative estimate of drug-likeness (QED) is 0.149. The van der Waals surface area contributed by atoms with Crippen molar-refractivity contribution < 1.29 is 47.2 Å². The molecule has 1 aliphatic heterocycles. The van der Waals surface area contributed by atoms with Gasteiger partial charge in [-0.1, -0.05) is 0 Å². The summed E-state index contributed by atoms with van der Waals surface area (Å²) in [5.41, 5.74) is 6.93. The van der Waals surface area contributed by atoms with Crippen LogP contribution in [-0.2, 0) is 19.2 Å². The fourth-order valence-electron chi connectivity index (χ4n) is 3.11. The van der Waals surface area contributed by atoms with Gasteiger partial charge in [0.15, 0.2) is 0 Å². The number of primary amides is 1. The molecule has 2 atom stereocenters. The van der Waals surface area contributed by atoms with Crippen LogP contribution in [0, 0.1) is 10.1 Å². The van der Waals surface area contributed by atoms with Crippen LogP contribution in [0.15, 0.2) is 18.2 Å². The number of nitro groups is 1. The fraction of sp³-hybridized carbons (Fsp3) is 0.444. The molecular formula is C18H21F3N6O8. The maximum Gasteiger partial charge on any atom is 0.492 e. The van der Waals surface area contributed by atoms with Gasteiger partial charge in [0.05, 0.1) is 29.7 Å². The topological polar surface area (TPSA) is 206 Å². The molecule has 1 aromatic carbocycles. The largest absolute Gasteiger partial charge is 0.492 e. The molecule has 35 heavy (non-hydrogen) atoms. The van der Waals surface area contributed by atoms with Gasteiger partial charge in [0, 0.05) is 30.8 Å². The van der Waals surface area contributed by atoms with Crippen LogP contribution in [0.2, 0.25) is 0 Å². The summed E-state index contributed by atoms with van der Waals surface area (Å²) in [7, 11) is 0. The van der Waals surface area contributed by atoms with E-state index in [-0.39, 0.29) is 36.4 Å². The van der Waals surface area contributed by atoms with Gasteiger partial charge in [-0.25, -0.2) is 9.59 Å². The Hall–Kier alpha value is -3.99. The molecule has 14 nitrogen and oxygen atoms in total. The average molecular weight is 506 g/mol. The number of nitrogens with one attached hydrogen (secondary N) is 3. The molecule has 17 heteroatoms. The van der Waals surface area contributed by atoms with Gasteiger partial charge < -0.3 is 26.3 Å². The lowest BCUT2D eigenvalue weighted by molar-refractivity contribution is -0.384. The molecule has 0 aromatic heterocycles. The van der Waals surface area contributed by atoms with Crippen molar-refractivity contribution in [2.45, 2.75) is 31.1 Å². The first kappa shape index (κ1) is 27.3. The van der Waals surface area contributed by atoms with Crippen molar-refractivity contribution >= 4 is 35.2 Å². The Balaban J connectivity index is 2.14.